The highest BCUT2D eigenvalue weighted by atomic mass is 32.1. The molecular weight excluding hydrogens is 354 g/mol. The summed E-state index contributed by atoms with van der Waals surface area (Å²) in [7, 11) is 0. The van der Waals surface area contributed by atoms with Crippen LogP contribution < -0.4 is 16.0 Å². The molecule has 0 fully saturated rings. The van der Waals surface area contributed by atoms with Crippen molar-refractivity contribution in [3.63, 3.8) is 0 Å². The summed E-state index contributed by atoms with van der Waals surface area (Å²) < 4.78 is 1.30. The van der Waals surface area contributed by atoms with Gasteiger partial charge in [-0.1, -0.05) is 42.5 Å². The van der Waals surface area contributed by atoms with Crippen molar-refractivity contribution >= 4 is 27.5 Å². The van der Waals surface area contributed by atoms with E-state index in [2.05, 4.69) is 77.5 Å². The van der Waals surface area contributed by atoms with Gasteiger partial charge < -0.3 is 16.0 Å². The number of amides is 2. The molecule has 0 saturated heterocycles. The van der Waals surface area contributed by atoms with Gasteiger partial charge in [-0.25, -0.2) is 4.79 Å². The summed E-state index contributed by atoms with van der Waals surface area (Å²) in [6.45, 7) is 3.56. The largest absolute Gasteiger partial charge is 0.337 e. The normalized spacial score (nSPS) is 17.3. The first-order valence-electron chi connectivity index (χ1n) is 9.49. The Balaban J connectivity index is 1.24. The summed E-state index contributed by atoms with van der Waals surface area (Å²) in [4.78, 5) is 13.6. The lowest BCUT2D eigenvalue weighted by atomic mass is 9.96. The second-order valence-electron chi connectivity index (χ2n) is 7.26. The van der Waals surface area contributed by atoms with Crippen molar-refractivity contribution < 1.29 is 4.79 Å². The molecule has 5 heteroatoms. The van der Waals surface area contributed by atoms with Gasteiger partial charge >= 0.3 is 6.03 Å². The third kappa shape index (κ3) is 4.49. The summed E-state index contributed by atoms with van der Waals surface area (Å²) in [5, 5.41) is 10.9. The molecule has 27 heavy (non-hydrogen) atoms. The van der Waals surface area contributed by atoms with Crippen LogP contribution in [0.4, 0.5) is 4.79 Å². The fourth-order valence-electron chi connectivity index (χ4n) is 3.65. The van der Waals surface area contributed by atoms with Crippen LogP contribution in [0.25, 0.3) is 10.1 Å². The van der Waals surface area contributed by atoms with E-state index in [1.165, 1.54) is 26.1 Å². The van der Waals surface area contributed by atoms with Crippen molar-refractivity contribution in [1.29, 1.82) is 0 Å². The van der Waals surface area contributed by atoms with E-state index < -0.39 is 0 Å². The lowest BCUT2D eigenvalue weighted by Crippen LogP contribution is -2.48. The van der Waals surface area contributed by atoms with Crippen molar-refractivity contribution in [1.82, 2.24) is 16.0 Å². The molecule has 2 amide bonds. The number of urea groups is 1. The van der Waals surface area contributed by atoms with Gasteiger partial charge in [0.05, 0.1) is 0 Å². The van der Waals surface area contributed by atoms with Crippen molar-refractivity contribution in [3.05, 3.63) is 70.6 Å². The molecule has 0 radical (unpaired) electrons. The molecule has 1 aliphatic rings. The van der Waals surface area contributed by atoms with Crippen LogP contribution in [-0.2, 0) is 19.4 Å². The predicted molar refractivity (Wildman–Crippen MR) is 112 cm³/mol. The van der Waals surface area contributed by atoms with Crippen LogP contribution in [0.1, 0.15) is 22.9 Å². The second kappa shape index (κ2) is 8.11. The molecule has 2 atom stereocenters. The zero-order valence-corrected chi connectivity index (χ0v) is 16.3. The van der Waals surface area contributed by atoms with Crippen molar-refractivity contribution in [2.45, 2.75) is 38.4 Å². The molecule has 0 bridgehead atoms. The fraction of sp³-hybridized carbons (Fsp3) is 0.318. The summed E-state index contributed by atoms with van der Waals surface area (Å²) in [6.07, 6.45) is 1.80. The lowest BCUT2D eigenvalue weighted by Gasteiger charge is -2.26. The van der Waals surface area contributed by atoms with E-state index in [4.69, 9.17) is 0 Å². The molecule has 3 aromatic rings. The SMILES string of the molecule is CC(Cc1cc2ccccc2s1)NC(=O)NCC1Cc2ccccc2CN1. The van der Waals surface area contributed by atoms with Gasteiger partial charge in [-0.3, -0.25) is 0 Å². The number of thiophene rings is 1. The number of carbonyl (C=O) groups is 1. The van der Waals surface area contributed by atoms with Gasteiger partial charge in [0.25, 0.3) is 0 Å². The third-order valence-corrected chi connectivity index (χ3v) is 6.17. The number of hydrogen-bond acceptors (Lipinski definition) is 3. The van der Waals surface area contributed by atoms with Crippen molar-refractivity contribution in [2.24, 2.45) is 0 Å². The Bertz CT molecular complexity index is 903. The van der Waals surface area contributed by atoms with Crippen LogP contribution in [0.5, 0.6) is 0 Å². The quantitative estimate of drug-likeness (QED) is 0.631. The first-order chi connectivity index (χ1) is 13.2. The Labute approximate surface area is 164 Å². The Morgan fingerprint density at radius 2 is 1.96 bits per heavy atom. The topological polar surface area (TPSA) is 53.2 Å². The number of benzene rings is 2. The molecule has 0 spiro atoms. The highest BCUT2D eigenvalue weighted by Crippen LogP contribution is 2.26. The van der Waals surface area contributed by atoms with E-state index in [0.717, 1.165) is 19.4 Å². The molecule has 1 aromatic heterocycles. The van der Waals surface area contributed by atoms with E-state index in [1.807, 2.05) is 0 Å². The molecule has 2 heterocycles. The van der Waals surface area contributed by atoms with Gasteiger partial charge in [-0.15, -0.1) is 11.3 Å². The summed E-state index contributed by atoms with van der Waals surface area (Å²) in [5.41, 5.74) is 2.73. The molecule has 2 aromatic carbocycles. The van der Waals surface area contributed by atoms with Crippen LogP contribution in [0.3, 0.4) is 0 Å². The summed E-state index contributed by atoms with van der Waals surface area (Å²) in [6, 6.07) is 19.4. The zero-order valence-electron chi connectivity index (χ0n) is 15.5. The average Bonchev–Trinajstić information content (AvgIpc) is 3.08. The van der Waals surface area contributed by atoms with Gasteiger partial charge in [0.1, 0.15) is 0 Å². The van der Waals surface area contributed by atoms with E-state index in [9.17, 15) is 4.79 Å². The smallest absolute Gasteiger partial charge is 0.315 e. The van der Waals surface area contributed by atoms with E-state index in [1.54, 1.807) is 11.3 Å². The number of hydrogen-bond donors (Lipinski definition) is 3. The minimum absolute atomic E-state index is 0.0933. The minimum atomic E-state index is -0.0933. The first kappa shape index (κ1) is 18.0. The molecule has 4 rings (SSSR count). The van der Waals surface area contributed by atoms with Crippen LogP contribution in [0.2, 0.25) is 0 Å². The Kier molecular flexibility index (Phi) is 5.41. The van der Waals surface area contributed by atoms with Crippen LogP contribution in [0.15, 0.2) is 54.6 Å². The molecule has 0 saturated carbocycles. The standard InChI is InChI=1S/C22H25N3OS/c1-15(10-20-12-17-7-4-5-9-21(17)27-20)25-22(26)24-14-19-11-16-6-2-3-8-18(16)13-23-19/h2-9,12,15,19,23H,10-11,13-14H2,1H3,(H2,24,25,26). The molecule has 140 valence electrons. The van der Waals surface area contributed by atoms with Crippen molar-refractivity contribution in [2.75, 3.05) is 6.54 Å². The second-order valence-corrected chi connectivity index (χ2v) is 8.43. The van der Waals surface area contributed by atoms with E-state index in [0.29, 0.717) is 6.54 Å². The Hall–Kier alpha value is -2.37. The van der Waals surface area contributed by atoms with Gasteiger partial charge in [0.15, 0.2) is 0 Å². The van der Waals surface area contributed by atoms with Crippen LogP contribution in [-0.4, -0.2) is 24.7 Å². The average molecular weight is 380 g/mol. The molecule has 3 N–H and O–H groups in total. The molecule has 0 aliphatic carbocycles. The number of carbonyl (C=O) groups excluding carboxylic acids is 1. The van der Waals surface area contributed by atoms with Gasteiger partial charge in [-0.2, -0.15) is 0 Å². The van der Waals surface area contributed by atoms with Crippen molar-refractivity contribution in [3.8, 4) is 0 Å². The predicted octanol–water partition coefficient (Wildman–Crippen LogP) is 3.85. The first-order valence-corrected chi connectivity index (χ1v) is 10.3. The summed E-state index contributed by atoms with van der Waals surface area (Å²) >= 11 is 1.80. The Morgan fingerprint density at radius 3 is 2.81 bits per heavy atom. The highest BCUT2D eigenvalue weighted by molar-refractivity contribution is 7.19. The van der Waals surface area contributed by atoms with Gasteiger partial charge in [0.2, 0.25) is 0 Å². The molecular formula is C22H25N3OS. The molecule has 4 nitrogen and oxygen atoms in total. The fourth-order valence-corrected chi connectivity index (χ4v) is 4.84. The lowest BCUT2D eigenvalue weighted by molar-refractivity contribution is 0.236. The maximum Gasteiger partial charge on any atom is 0.315 e. The number of rotatable bonds is 5. The highest BCUT2D eigenvalue weighted by Gasteiger charge is 2.18. The number of nitrogens with one attached hydrogen (secondary N) is 3. The van der Waals surface area contributed by atoms with E-state index >= 15 is 0 Å². The number of fused-ring (bicyclic) bond motifs is 2. The van der Waals surface area contributed by atoms with Gasteiger partial charge in [-0.05, 0) is 42.0 Å². The van der Waals surface area contributed by atoms with Gasteiger partial charge in [0, 0.05) is 41.2 Å². The summed E-state index contributed by atoms with van der Waals surface area (Å²) in [5.74, 6) is 0. The van der Waals surface area contributed by atoms with Crippen LogP contribution >= 0.6 is 11.3 Å². The molecule has 1 aliphatic heterocycles. The third-order valence-electron chi connectivity index (χ3n) is 5.04. The zero-order chi connectivity index (χ0) is 18.6. The monoisotopic (exact) mass is 379 g/mol. The maximum absolute atomic E-state index is 12.3. The Morgan fingerprint density at radius 1 is 1.19 bits per heavy atom. The molecule has 2 unspecified atom stereocenters. The minimum Gasteiger partial charge on any atom is -0.337 e. The van der Waals surface area contributed by atoms with E-state index in [-0.39, 0.29) is 18.1 Å². The van der Waals surface area contributed by atoms with Crippen LogP contribution in [0, 0.1) is 0 Å². The maximum atomic E-state index is 12.3.